The molecule has 1 aromatic rings. The third kappa shape index (κ3) is 2.78. The Hall–Kier alpha value is -1.51. The average molecular weight is 178 g/mol. The van der Waals surface area contributed by atoms with Gasteiger partial charge in [0, 0.05) is 11.8 Å². The second-order valence-electron chi connectivity index (χ2n) is 2.58. The Morgan fingerprint density at radius 1 is 1.62 bits per heavy atom. The van der Waals surface area contributed by atoms with E-state index in [1.54, 1.807) is 18.3 Å². The van der Waals surface area contributed by atoms with Crippen molar-refractivity contribution in [2.45, 2.75) is 13.3 Å². The van der Waals surface area contributed by atoms with Gasteiger partial charge in [-0.25, -0.2) is 9.38 Å². The van der Waals surface area contributed by atoms with Crippen LogP contribution in [0.3, 0.4) is 0 Å². The normalized spacial score (nSPS) is 10.6. The monoisotopic (exact) mass is 178 g/mol. The summed E-state index contributed by atoms with van der Waals surface area (Å²) in [5.41, 5.74) is 0.504. The Labute approximate surface area is 76.6 Å². The zero-order chi connectivity index (χ0) is 9.68. The summed E-state index contributed by atoms with van der Waals surface area (Å²) in [4.78, 5) is 3.85. The van der Waals surface area contributed by atoms with Crippen LogP contribution in [0, 0.1) is 11.2 Å². The van der Waals surface area contributed by atoms with E-state index in [1.165, 1.54) is 12.1 Å². The van der Waals surface area contributed by atoms with Crippen LogP contribution in [-0.2, 0) is 0 Å². The molecule has 0 unspecified atom stereocenters. The van der Waals surface area contributed by atoms with Crippen molar-refractivity contribution in [2.75, 3.05) is 0 Å². The minimum atomic E-state index is -0.339. The van der Waals surface area contributed by atoms with Gasteiger partial charge in [0.2, 0.25) is 0 Å². The smallest absolute Gasteiger partial charge is 0.151 e. The number of hydrogen-bond donors (Lipinski definition) is 1. The summed E-state index contributed by atoms with van der Waals surface area (Å²) >= 11 is 0. The van der Waals surface area contributed by atoms with E-state index in [9.17, 15) is 4.39 Å². The lowest BCUT2D eigenvalue weighted by molar-refractivity contribution is 0.627. The predicted octanol–water partition coefficient (Wildman–Crippen LogP) is 2.63. The van der Waals surface area contributed by atoms with Crippen LogP contribution in [0.25, 0.3) is 0 Å². The third-order valence-electron chi connectivity index (χ3n) is 1.50. The highest BCUT2D eigenvalue weighted by molar-refractivity contribution is 6.00. The molecule has 0 aliphatic heterocycles. The predicted molar refractivity (Wildman–Crippen MR) is 52.0 cm³/mol. The van der Waals surface area contributed by atoms with Gasteiger partial charge in [-0.15, -0.1) is 0 Å². The zero-order valence-electron chi connectivity index (χ0n) is 7.42. The Morgan fingerprint density at radius 2 is 2.38 bits per heavy atom. The molecule has 0 aromatic heterocycles. The summed E-state index contributed by atoms with van der Waals surface area (Å²) in [6.45, 7) is 1.93. The number of halogens is 1. The number of amidine groups is 1. The van der Waals surface area contributed by atoms with Crippen LogP contribution in [0.4, 0.5) is 4.39 Å². The first-order chi connectivity index (χ1) is 6.24. The molecule has 0 radical (unpaired) electrons. The molecule has 13 heavy (non-hydrogen) atoms. The van der Waals surface area contributed by atoms with Gasteiger partial charge in [-0.3, -0.25) is 5.41 Å². The van der Waals surface area contributed by atoms with Crippen molar-refractivity contribution in [3.63, 3.8) is 0 Å². The molecule has 1 rings (SSSR count). The highest BCUT2D eigenvalue weighted by Gasteiger charge is 1.98. The summed E-state index contributed by atoms with van der Waals surface area (Å²) in [6.07, 6.45) is 2.41. The summed E-state index contributed by atoms with van der Waals surface area (Å²) in [5, 5.41) is 7.47. The molecule has 1 N–H and O–H groups in total. The van der Waals surface area contributed by atoms with Crippen molar-refractivity contribution in [1.82, 2.24) is 0 Å². The number of rotatable bonds is 2. The van der Waals surface area contributed by atoms with E-state index in [0.29, 0.717) is 5.56 Å². The highest BCUT2D eigenvalue weighted by Crippen LogP contribution is 2.04. The number of benzene rings is 1. The molecule has 0 atom stereocenters. The van der Waals surface area contributed by atoms with Crippen molar-refractivity contribution in [3.05, 3.63) is 35.6 Å². The molecule has 0 saturated heterocycles. The third-order valence-corrected chi connectivity index (χ3v) is 1.50. The molecule has 0 spiro atoms. The molecular weight excluding hydrogens is 167 g/mol. The lowest BCUT2D eigenvalue weighted by atomic mass is 10.2. The molecule has 1 aromatic carbocycles. The first-order valence-corrected chi connectivity index (χ1v) is 4.11. The fourth-order valence-corrected chi connectivity index (χ4v) is 0.893. The van der Waals surface area contributed by atoms with E-state index in [-0.39, 0.29) is 11.7 Å². The van der Waals surface area contributed by atoms with E-state index in [1.807, 2.05) is 6.92 Å². The van der Waals surface area contributed by atoms with Gasteiger partial charge in [-0.05, 0) is 18.6 Å². The fourth-order valence-electron chi connectivity index (χ4n) is 0.893. The van der Waals surface area contributed by atoms with Gasteiger partial charge in [-0.2, -0.15) is 0 Å². The lowest BCUT2D eigenvalue weighted by Gasteiger charge is -1.96. The molecule has 3 heteroatoms. The fraction of sp³-hybridized carbons (Fsp3) is 0.200. The number of hydrogen-bond acceptors (Lipinski definition) is 1. The first-order valence-electron chi connectivity index (χ1n) is 4.11. The van der Waals surface area contributed by atoms with Gasteiger partial charge in [0.25, 0.3) is 0 Å². The van der Waals surface area contributed by atoms with E-state index in [0.717, 1.165) is 6.42 Å². The standard InChI is InChI=1S/C10H11FN2/c1-2-6-13-10(12)8-4-3-5-9(11)7-8/h3-7,12H,2H2,1H3. The minimum Gasteiger partial charge on any atom is -0.282 e. The van der Waals surface area contributed by atoms with Gasteiger partial charge < -0.3 is 0 Å². The van der Waals surface area contributed by atoms with E-state index in [4.69, 9.17) is 5.41 Å². The second-order valence-corrected chi connectivity index (χ2v) is 2.58. The van der Waals surface area contributed by atoms with Crippen molar-refractivity contribution >= 4 is 12.1 Å². The van der Waals surface area contributed by atoms with Gasteiger partial charge in [0.1, 0.15) is 5.82 Å². The van der Waals surface area contributed by atoms with Crippen LogP contribution in [0.5, 0.6) is 0 Å². The van der Waals surface area contributed by atoms with Crippen molar-refractivity contribution in [2.24, 2.45) is 4.99 Å². The molecule has 0 amide bonds. The summed E-state index contributed by atoms with van der Waals surface area (Å²) in [5.74, 6) is -0.240. The van der Waals surface area contributed by atoms with E-state index < -0.39 is 0 Å². The maximum absolute atomic E-state index is 12.7. The molecule has 0 aliphatic rings. The Morgan fingerprint density at radius 3 is 3.00 bits per heavy atom. The topological polar surface area (TPSA) is 36.2 Å². The Kier molecular flexibility index (Phi) is 3.31. The van der Waals surface area contributed by atoms with Gasteiger partial charge >= 0.3 is 0 Å². The molecule has 68 valence electrons. The average Bonchev–Trinajstić information content (AvgIpc) is 2.14. The minimum absolute atomic E-state index is 0.0985. The molecule has 0 bridgehead atoms. The van der Waals surface area contributed by atoms with Crippen LogP contribution in [0.15, 0.2) is 29.3 Å². The van der Waals surface area contributed by atoms with Crippen molar-refractivity contribution < 1.29 is 4.39 Å². The summed E-state index contributed by atoms with van der Waals surface area (Å²) < 4.78 is 12.7. The number of nitrogens with zero attached hydrogens (tertiary/aromatic N) is 1. The maximum Gasteiger partial charge on any atom is 0.151 e. The lowest BCUT2D eigenvalue weighted by Crippen LogP contribution is -1.95. The largest absolute Gasteiger partial charge is 0.282 e. The van der Waals surface area contributed by atoms with E-state index in [2.05, 4.69) is 4.99 Å². The molecular formula is C10H11FN2. The SMILES string of the molecule is CCC=NC(=N)c1cccc(F)c1. The van der Waals surface area contributed by atoms with Crippen LogP contribution in [-0.4, -0.2) is 12.1 Å². The van der Waals surface area contributed by atoms with Crippen LogP contribution in [0.1, 0.15) is 18.9 Å². The van der Waals surface area contributed by atoms with Crippen LogP contribution in [0.2, 0.25) is 0 Å². The summed E-state index contributed by atoms with van der Waals surface area (Å²) in [6, 6.07) is 5.88. The zero-order valence-corrected chi connectivity index (χ0v) is 7.42. The van der Waals surface area contributed by atoms with Gasteiger partial charge in [0.15, 0.2) is 5.84 Å². The molecule has 0 heterocycles. The van der Waals surface area contributed by atoms with Crippen LogP contribution < -0.4 is 0 Å². The van der Waals surface area contributed by atoms with Crippen LogP contribution >= 0.6 is 0 Å². The quantitative estimate of drug-likeness (QED) is 0.534. The number of aliphatic imine (C=N–C) groups is 1. The maximum atomic E-state index is 12.7. The number of nitrogens with one attached hydrogen (secondary N) is 1. The van der Waals surface area contributed by atoms with E-state index >= 15 is 0 Å². The molecule has 2 nitrogen and oxygen atoms in total. The van der Waals surface area contributed by atoms with Gasteiger partial charge in [0.05, 0.1) is 0 Å². The van der Waals surface area contributed by atoms with Gasteiger partial charge in [-0.1, -0.05) is 19.1 Å². The van der Waals surface area contributed by atoms with Crippen molar-refractivity contribution in [1.29, 1.82) is 5.41 Å². The Balaban J connectivity index is 2.83. The summed E-state index contributed by atoms with van der Waals surface area (Å²) in [7, 11) is 0. The molecule has 0 aliphatic carbocycles. The second kappa shape index (κ2) is 4.50. The first kappa shape index (κ1) is 9.58. The molecule has 0 saturated carbocycles. The van der Waals surface area contributed by atoms with Crippen molar-refractivity contribution in [3.8, 4) is 0 Å². The highest BCUT2D eigenvalue weighted by atomic mass is 19.1. The Bertz CT molecular complexity index is 331. The molecule has 0 fully saturated rings.